The molecule has 0 radical (unpaired) electrons. The van der Waals surface area contributed by atoms with Gasteiger partial charge in [0.1, 0.15) is 0 Å². The van der Waals surface area contributed by atoms with Gasteiger partial charge in [0.05, 0.1) is 59.0 Å². The van der Waals surface area contributed by atoms with Crippen LogP contribution in [0.1, 0.15) is 25.0 Å². The second kappa shape index (κ2) is 5.95. The van der Waals surface area contributed by atoms with E-state index in [1.54, 1.807) is 0 Å². The summed E-state index contributed by atoms with van der Waals surface area (Å²) in [6.07, 6.45) is -6.06. The predicted molar refractivity (Wildman–Crippen MR) is 93.1 cm³/mol. The summed E-state index contributed by atoms with van der Waals surface area (Å²) < 4.78 is 46.0. The number of anilines is 1. The third kappa shape index (κ3) is 2.60. The summed E-state index contributed by atoms with van der Waals surface area (Å²) in [4.78, 5) is 39.6. The Morgan fingerprint density at radius 1 is 1.20 bits per heavy atom. The van der Waals surface area contributed by atoms with E-state index in [0.717, 1.165) is 17.0 Å². The number of benzene rings is 1. The molecular weight excluding hydrogens is 407 g/mol. The molecular formula is C19H16F3N3O5. The highest BCUT2D eigenvalue weighted by Crippen LogP contribution is 2.55. The van der Waals surface area contributed by atoms with Crippen LogP contribution in [0.25, 0.3) is 0 Å². The molecule has 0 saturated carbocycles. The lowest BCUT2D eigenvalue weighted by Crippen LogP contribution is -2.59. The number of nitrogens with zero attached hydrogens (tertiary/aromatic N) is 3. The van der Waals surface area contributed by atoms with E-state index in [1.165, 1.54) is 19.9 Å². The molecule has 3 aliphatic heterocycles. The maximum Gasteiger partial charge on any atom is 0.417 e. The molecule has 4 rings (SSSR count). The van der Waals surface area contributed by atoms with Crippen molar-refractivity contribution in [2.24, 2.45) is 11.8 Å². The lowest BCUT2D eigenvalue weighted by Gasteiger charge is -2.43. The molecule has 8 nitrogen and oxygen atoms in total. The van der Waals surface area contributed by atoms with Crippen molar-refractivity contribution in [2.75, 3.05) is 18.0 Å². The number of carbonyl (C=O) groups is 3. The van der Waals surface area contributed by atoms with Crippen molar-refractivity contribution in [1.29, 1.82) is 5.26 Å². The van der Waals surface area contributed by atoms with Crippen LogP contribution in [0, 0.1) is 23.2 Å². The number of carboxylic acid groups (broad SMARTS) is 1. The number of nitriles is 1. The molecule has 1 N–H and O–H groups in total. The first-order valence-corrected chi connectivity index (χ1v) is 8.99. The highest BCUT2D eigenvalue weighted by atomic mass is 19.4. The van der Waals surface area contributed by atoms with Crippen molar-refractivity contribution in [3.63, 3.8) is 0 Å². The topological polar surface area (TPSA) is 111 Å². The third-order valence-electron chi connectivity index (χ3n) is 6.06. The molecule has 0 spiro atoms. The van der Waals surface area contributed by atoms with Gasteiger partial charge in [-0.2, -0.15) is 18.4 Å². The largest absolute Gasteiger partial charge is 0.465 e. The molecule has 3 fully saturated rings. The molecule has 3 heterocycles. The minimum absolute atomic E-state index is 0.146. The van der Waals surface area contributed by atoms with Gasteiger partial charge in [0.15, 0.2) is 0 Å². The number of hydrogen-bond acceptors (Lipinski definition) is 5. The Bertz CT molecular complexity index is 999. The number of amides is 3. The van der Waals surface area contributed by atoms with Gasteiger partial charge in [-0.05, 0) is 32.0 Å². The standard InChI is InChI=1S/C19H16F3N3O5/c1-17-7-24(16(28)29)8-18(2,30-17)13-12(17)14(26)25(15(13)27)10-4-3-9(6-23)11(5-10)19(20,21)22/h3-5,12-13H,7-8H2,1-2H3,(H,28,29). The number of likely N-dealkylation sites (tertiary alicyclic amines) is 1. The van der Waals surface area contributed by atoms with Gasteiger partial charge in [0.25, 0.3) is 0 Å². The van der Waals surface area contributed by atoms with Crippen LogP contribution in [-0.4, -0.2) is 52.2 Å². The molecule has 3 aliphatic rings. The van der Waals surface area contributed by atoms with Crippen molar-refractivity contribution in [3.8, 4) is 6.07 Å². The Morgan fingerprint density at radius 3 is 2.17 bits per heavy atom. The van der Waals surface area contributed by atoms with Gasteiger partial charge in [-0.15, -0.1) is 0 Å². The molecule has 4 atom stereocenters. The molecule has 1 aromatic rings. The van der Waals surface area contributed by atoms with Crippen molar-refractivity contribution < 1.29 is 37.4 Å². The van der Waals surface area contributed by atoms with E-state index < -0.39 is 58.2 Å². The third-order valence-corrected chi connectivity index (χ3v) is 6.06. The minimum Gasteiger partial charge on any atom is -0.465 e. The van der Waals surface area contributed by atoms with Gasteiger partial charge in [-0.3, -0.25) is 9.59 Å². The van der Waals surface area contributed by atoms with Gasteiger partial charge >= 0.3 is 12.3 Å². The molecule has 158 valence electrons. The van der Waals surface area contributed by atoms with E-state index in [9.17, 15) is 32.7 Å². The summed E-state index contributed by atoms with van der Waals surface area (Å²) in [5.41, 5.74) is -4.74. The summed E-state index contributed by atoms with van der Waals surface area (Å²) in [5, 5.41) is 18.3. The average Bonchev–Trinajstić information content (AvgIpc) is 3.00. The summed E-state index contributed by atoms with van der Waals surface area (Å²) in [6, 6.07) is 4.10. The molecule has 4 unspecified atom stereocenters. The maximum absolute atomic E-state index is 13.3. The molecule has 0 aliphatic carbocycles. The number of imide groups is 1. The van der Waals surface area contributed by atoms with Gasteiger partial charge in [0, 0.05) is 0 Å². The van der Waals surface area contributed by atoms with Crippen molar-refractivity contribution >= 4 is 23.6 Å². The van der Waals surface area contributed by atoms with Crippen molar-refractivity contribution in [3.05, 3.63) is 29.3 Å². The van der Waals surface area contributed by atoms with E-state index in [-0.39, 0.29) is 18.8 Å². The van der Waals surface area contributed by atoms with Gasteiger partial charge in [0.2, 0.25) is 11.8 Å². The number of fused-ring (bicyclic) bond motifs is 5. The molecule has 3 amide bonds. The van der Waals surface area contributed by atoms with Crippen LogP contribution in [-0.2, 0) is 20.5 Å². The number of carbonyl (C=O) groups excluding carboxylic acids is 2. The Hall–Kier alpha value is -3.13. The van der Waals surface area contributed by atoms with Gasteiger partial charge in [-0.25, -0.2) is 9.69 Å². The summed E-state index contributed by atoms with van der Waals surface area (Å²) in [5.74, 6) is -3.57. The number of hydrogen-bond donors (Lipinski definition) is 1. The number of morpholine rings is 1. The minimum atomic E-state index is -4.84. The van der Waals surface area contributed by atoms with Crippen LogP contribution in [0.15, 0.2) is 18.2 Å². The first kappa shape index (κ1) is 20.2. The fourth-order valence-electron chi connectivity index (χ4n) is 5.03. The Morgan fingerprint density at radius 2 is 1.73 bits per heavy atom. The second-order valence-electron chi connectivity index (χ2n) is 8.17. The van der Waals surface area contributed by atoms with E-state index in [2.05, 4.69) is 0 Å². The average molecular weight is 423 g/mol. The van der Waals surface area contributed by atoms with E-state index in [4.69, 9.17) is 10.00 Å². The lowest BCUT2D eigenvalue weighted by atomic mass is 9.79. The highest BCUT2D eigenvalue weighted by molar-refractivity contribution is 6.23. The molecule has 3 saturated heterocycles. The molecule has 2 bridgehead atoms. The monoisotopic (exact) mass is 423 g/mol. The van der Waals surface area contributed by atoms with Gasteiger partial charge < -0.3 is 14.7 Å². The van der Waals surface area contributed by atoms with Crippen molar-refractivity contribution in [2.45, 2.75) is 31.2 Å². The second-order valence-corrected chi connectivity index (χ2v) is 8.17. The van der Waals surface area contributed by atoms with Crippen LogP contribution < -0.4 is 4.90 Å². The smallest absolute Gasteiger partial charge is 0.417 e. The zero-order valence-electron chi connectivity index (χ0n) is 15.9. The van der Waals surface area contributed by atoms with Crippen LogP contribution >= 0.6 is 0 Å². The SMILES string of the molecule is CC12CN(C(=O)O)CC(C)(O1)C1C(=O)N(c3ccc(C#N)c(C(F)(F)F)c3)C(=O)C12. The Labute approximate surface area is 168 Å². The van der Waals surface area contributed by atoms with E-state index in [0.29, 0.717) is 11.0 Å². The number of alkyl halides is 3. The first-order valence-electron chi connectivity index (χ1n) is 8.99. The summed E-state index contributed by atoms with van der Waals surface area (Å²) >= 11 is 0. The fourth-order valence-corrected chi connectivity index (χ4v) is 5.03. The first-order chi connectivity index (χ1) is 13.8. The molecule has 30 heavy (non-hydrogen) atoms. The fraction of sp³-hybridized carbons (Fsp3) is 0.474. The van der Waals surface area contributed by atoms with Crippen LogP contribution in [0.3, 0.4) is 0 Å². The van der Waals surface area contributed by atoms with E-state index >= 15 is 0 Å². The molecule has 1 aromatic carbocycles. The summed E-state index contributed by atoms with van der Waals surface area (Å²) in [6.45, 7) is 2.76. The zero-order chi connectivity index (χ0) is 22.2. The van der Waals surface area contributed by atoms with Crippen molar-refractivity contribution in [1.82, 2.24) is 4.90 Å². The highest BCUT2D eigenvalue weighted by Gasteiger charge is 2.72. The maximum atomic E-state index is 13.3. The zero-order valence-corrected chi connectivity index (χ0v) is 15.9. The summed E-state index contributed by atoms with van der Waals surface area (Å²) in [7, 11) is 0. The van der Waals surface area contributed by atoms with Crippen LogP contribution in [0.5, 0.6) is 0 Å². The molecule has 11 heteroatoms. The Balaban J connectivity index is 1.78. The van der Waals surface area contributed by atoms with Gasteiger partial charge in [-0.1, -0.05) is 0 Å². The number of ether oxygens (including phenoxy) is 1. The van der Waals surface area contributed by atoms with Crippen LogP contribution in [0.4, 0.5) is 23.7 Å². The predicted octanol–water partition coefficient (Wildman–Crippen LogP) is 2.22. The lowest BCUT2D eigenvalue weighted by molar-refractivity contribution is -0.163. The Kier molecular flexibility index (Phi) is 4.00. The number of rotatable bonds is 1. The number of halogens is 3. The normalized spacial score (nSPS) is 32.9. The van der Waals surface area contributed by atoms with E-state index in [1.807, 2.05) is 0 Å². The quantitative estimate of drug-likeness (QED) is 0.694. The van der Waals surface area contributed by atoms with Crippen LogP contribution in [0.2, 0.25) is 0 Å². The molecule has 0 aromatic heterocycles.